The van der Waals surface area contributed by atoms with Crippen molar-refractivity contribution in [3.63, 3.8) is 0 Å². The van der Waals surface area contributed by atoms with Gasteiger partial charge in [-0.2, -0.15) is 8.78 Å². The number of alkyl halides is 2. The van der Waals surface area contributed by atoms with Gasteiger partial charge in [0.25, 0.3) is 0 Å². The van der Waals surface area contributed by atoms with Gasteiger partial charge in [0.05, 0.1) is 5.02 Å². The molecular formula is C13H13Cl2F2N3O. The van der Waals surface area contributed by atoms with Crippen LogP contribution < -0.4 is 10.1 Å². The number of ether oxygens (including phenoxy) is 1. The van der Waals surface area contributed by atoms with E-state index in [1.54, 1.807) is 13.1 Å². The normalized spacial score (nSPS) is 11.1. The van der Waals surface area contributed by atoms with Gasteiger partial charge in [0.2, 0.25) is 0 Å². The Morgan fingerprint density at radius 1 is 1.38 bits per heavy atom. The summed E-state index contributed by atoms with van der Waals surface area (Å²) in [6, 6.07) is 3.25. The van der Waals surface area contributed by atoms with Gasteiger partial charge in [-0.3, -0.25) is 4.57 Å². The molecule has 21 heavy (non-hydrogen) atoms. The monoisotopic (exact) mass is 335 g/mol. The molecule has 0 fully saturated rings. The minimum Gasteiger partial charge on any atom is -0.484 e. The molecule has 0 unspecified atom stereocenters. The molecule has 1 heterocycles. The highest BCUT2D eigenvalue weighted by atomic mass is 35.5. The van der Waals surface area contributed by atoms with Crippen LogP contribution in [0.25, 0.3) is 0 Å². The molecule has 0 amide bonds. The standard InChI is InChI=1S/C13H13Cl2F2N3O/c1-18-6-8-4-9(14)5-10(15)12(8)21-7-11-19-2-3-20(11)13(16)17/h2-5,13,18H,6-7H2,1H3. The molecule has 0 saturated heterocycles. The maximum atomic E-state index is 12.7. The zero-order valence-corrected chi connectivity index (χ0v) is 12.6. The Labute approximate surface area is 130 Å². The van der Waals surface area contributed by atoms with Crippen molar-refractivity contribution in [2.24, 2.45) is 0 Å². The Hall–Kier alpha value is -1.37. The molecule has 0 saturated carbocycles. The zero-order valence-electron chi connectivity index (χ0n) is 11.1. The molecular weight excluding hydrogens is 323 g/mol. The first-order chi connectivity index (χ1) is 10.0. The highest BCUT2D eigenvalue weighted by Crippen LogP contribution is 2.33. The van der Waals surface area contributed by atoms with Crippen molar-refractivity contribution in [2.45, 2.75) is 19.7 Å². The van der Waals surface area contributed by atoms with Crippen molar-refractivity contribution in [3.8, 4) is 5.75 Å². The third kappa shape index (κ3) is 3.84. The van der Waals surface area contributed by atoms with Crippen LogP contribution in [0.2, 0.25) is 10.0 Å². The molecule has 114 valence electrons. The minimum absolute atomic E-state index is 0.116. The summed E-state index contributed by atoms with van der Waals surface area (Å²) in [6.45, 7) is -2.29. The molecule has 1 aromatic heterocycles. The third-order valence-corrected chi connectivity index (χ3v) is 3.26. The number of aromatic nitrogens is 2. The lowest BCUT2D eigenvalue weighted by molar-refractivity contribution is 0.0632. The summed E-state index contributed by atoms with van der Waals surface area (Å²) in [5.74, 6) is 0.519. The largest absolute Gasteiger partial charge is 0.484 e. The van der Waals surface area contributed by atoms with E-state index < -0.39 is 6.55 Å². The fourth-order valence-electron chi connectivity index (χ4n) is 1.87. The molecule has 1 N–H and O–H groups in total. The van der Waals surface area contributed by atoms with Crippen LogP contribution in [0.5, 0.6) is 5.75 Å². The highest BCUT2D eigenvalue weighted by molar-refractivity contribution is 6.35. The van der Waals surface area contributed by atoms with E-state index in [1.165, 1.54) is 18.5 Å². The van der Waals surface area contributed by atoms with Gasteiger partial charge in [0.1, 0.15) is 12.4 Å². The number of benzene rings is 1. The summed E-state index contributed by atoms with van der Waals surface area (Å²) in [4.78, 5) is 3.85. The van der Waals surface area contributed by atoms with E-state index in [4.69, 9.17) is 27.9 Å². The molecule has 0 radical (unpaired) electrons. The van der Waals surface area contributed by atoms with E-state index in [1.807, 2.05) is 0 Å². The lowest BCUT2D eigenvalue weighted by Crippen LogP contribution is -2.10. The van der Waals surface area contributed by atoms with Crippen LogP contribution in [-0.2, 0) is 13.2 Å². The van der Waals surface area contributed by atoms with Crippen LogP contribution >= 0.6 is 23.2 Å². The SMILES string of the molecule is CNCc1cc(Cl)cc(Cl)c1OCc1nccn1C(F)F. The average molecular weight is 336 g/mol. The number of nitrogens with zero attached hydrogens (tertiary/aromatic N) is 2. The summed E-state index contributed by atoms with van der Waals surface area (Å²) in [7, 11) is 1.77. The van der Waals surface area contributed by atoms with Crippen LogP contribution in [0, 0.1) is 0 Å². The Morgan fingerprint density at radius 3 is 2.81 bits per heavy atom. The lowest BCUT2D eigenvalue weighted by atomic mass is 10.2. The molecule has 0 aliphatic heterocycles. The Morgan fingerprint density at radius 2 is 2.14 bits per heavy atom. The molecule has 8 heteroatoms. The van der Waals surface area contributed by atoms with Gasteiger partial charge < -0.3 is 10.1 Å². The fraction of sp³-hybridized carbons (Fsp3) is 0.308. The van der Waals surface area contributed by atoms with Crippen LogP contribution in [-0.4, -0.2) is 16.6 Å². The number of nitrogens with one attached hydrogen (secondary N) is 1. The van der Waals surface area contributed by atoms with E-state index in [2.05, 4.69) is 10.3 Å². The molecule has 1 aromatic carbocycles. The van der Waals surface area contributed by atoms with Gasteiger partial charge in [-0.25, -0.2) is 4.98 Å². The smallest absolute Gasteiger partial charge is 0.320 e. The van der Waals surface area contributed by atoms with Crippen molar-refractivity contribution < 1.29 is 13.5 Å². The minimum atomic E-state index is -2.66. The first kappa shape index (κ1) is 16.0. The van der Waals surface area contributed by atoms with Gasteiger partial charge in [-0.1, -0.05) is 23.2 Å². The van der Waals surface area contributed by atoms with Gasteiger partial charge in [0.15, 0.2) is 5.82 Å². The van der Waals surface area contributed by atoms with Crippen LogP contribution in [0.15, 0.2) is 24.5 Å². The predicted molar refractivity (Wildman–Crippen MR) is 77.0 cm³/mol. The summed E-state index contributed by atoms with van der Waals surface area (Å²) in [5.41, 5.74) is 0.741. The van der Waals surface area contributed by atoms with Crippen molar-refractivity contribution in [1.29, 1.82) is 0 Å². The van der Waals surface area contributed by atoms with Crippen molar-refractivity contribution in [1.82, 2.24) is 14.9 Å². The summed E-state index contributed by atoms with van der Waals surface area (Å²) in [5, 5.41) is 3.76. The van der Waals surface area contributed by atoms with Crippen LogP contribution in [0.1, 0.15) is 17.9 Å². The van der Waals surface area contributed by atoms with E-state index in [9.17, 15) is 8.78 Å². The quantitative estimate of drug-likeness (QED) is 0.870. The maximum absolute atomic E-state index is 12.7. The Kier molecular flexibility index (Phi) is 5.39. The number of hydrogen-bond donors (Lipinski definition) is 1. The van der Waals surface area contributed by atoms with Gasteiger partial charge >= 0.3 is 6.55 Å². The lowest BCUT2D eigenvalue weighted by Gasteiger charge is -2.14. The van der Waals surface area contributed by atoms with E-state index >= 15 is 0 Å². The average Bonchev–Trinajstić information content (AvgIpc) is 2.86. The number of imidazole rings is 1. The van der Waals surface area contributed by atoms with Gasteiger partial charge in [-0.05, 0) is 19.2 Å². The van der Waals surface area contributed by atoms with Crippen LogP contribution in [0.3, 0.4) is 0 Å². The van der Waals surface area contributed by atoms with E-state index in [-0.39, 0.29) is 12.4 Å². The molecule has 2 aromatic rings. The second-order valence-electron chi connectivity index (χ2n) is 4.22. The van der Waals surface area contributed by atoms with E-state index in [0.29, 0.717) is 22.3 Å². The number of hydrogen-bond acceptors (Lipinski definition) is 3. The topological polar surface area (TPSA) is 39.1 Å². The Balaban J connectivity index is 2.21. The zero-order chi connectivity index (χ0) is 15.4. The molecule has 0 atom stereocenters. The first-order valence-corrected chi connectivity index (χ1v) is 6.83. The second kappa shape index (κ2) is 7.06. The van der Waals surface area contributed by atoms with Crippen LogP contribution in [0.4, 0.5) is 8.78 Å². The van der Waals surface area contributed by atoms with Gasteiger partial charge in [-0.15, -0.1) is 0 Å². The summed E-state index contributed by atoms with van der Waals surface area (Å²) in [6.07, 6.45) is 2.49. The van der Waals surface area contributed by atoms with Crippen molar-refractivity contribution >= 4 is 23.2 Å². The first-order valence-electron chi connectivity index (χ1n) is 6.08. The summed E-state index contributed by atoms with van der Waals surface area (Å²) >= 11 is 12.0. The Bertz CT molecular complexity index is 619. The van der Waals surface area contributed by atoms with E-state index in [0.717, 1.165) is 10.1 Å². The van der Waals surface area contributed by atoms with Gasteiger partial charge in [0, 0.05) is 29.5 Å². The highest BCUT2D eigenvalue weighted by Gasteiger charge is 2.15. The predicted octanol–water partition coefficient (Wildman–Crippen LogP) is 3.88. The molecule has 4 nitrogen and oxygen atoms in total. The molecule has 0 spiro atoms. The fourth-order valence-corrected chi connectivity index (χ4v) is 2.46. The third-order valence-electron chi connectivity index (χ3n) is 2.76. The second-order valence-corrected chi connectivity index (χ2v) is 5.07. The number of rotatable bonds is 6. The summed E-state index contributed by atoms with van der Waals surface area (Å²) < 4.78 is 31.8. The maximum Gasteiger partial charge on any atom is 0.320 e. The molecule has 0 aliphatic carbocycles. The van der Waals surface area contributed by atoms with Crippen molar-refractivity contribution in [3.05, 3.63) is 46.0 Å². The molecule has 0 aliphatic rings. The van der Waals surface area contributed by atoms with Crippen molar-refractivity contribution in [2.75, 3.05) is 7.05 Å². The number of halogens is 4. The molecule has 2 rings (SSSR count). The molecule has 0 bridgehead atoms.